The Balaban J connectivity index is 2.52. The molecular formula is C14H9ClF5N. The highest BCUT2D eigenvalue weighted by Gasteiger charge is 2.32. The summed E-state index contributed by atoms with van der Waals surface area (Å²) in [7, 11) is 0. The van der Waals surface area contributed by atoms with Crippen molar-refractivity contribution in [3.8, 4) is 0 Å². The first kappa shape index (κ1) is 15.7. The normalized spacial score (nSPS) is 14.0. The van der Waals surface area contributed by atoms with E-state index >= 15 is 0 Å². The molecule has 0 aliphatic rings. The number of hydrogen-bond donors (Lipinski definition) is 0. The van der Waals surface area contributed by atoms with Crippen molar-refractivity contribution in [3.05, 3.63) is 64.7 Å². The van der Waals surface area contributed by atoms with E-state index in [1.54, 1.807) is 12.1 Å². The topological polar surface area (TPSA) is 12.9 Å². The molecule has 1 heterocycles. The lowest BCUT2D eigenvalue weighted by molar-refractivity contribution is 0.367. The average molecular weight is 322 g/mol. The fourth-order valence-corrected chi connectivity index (χ4v) is 2.29. The summed E-state index contributed by atoms with van der Waals surface area (Å²) in [6.07, 6.45) is 2.88. The van der Waals surface area contributed by atoms with Crippen LogP contribution >= 0.6 is 11.6 Å². The van der Waals surface area contributed by atoms with Crippen molar-refractivity contribution in [2.24, 2.45) is 0 Å². The van der Waals surface area contributed by atoms with Crippen LogP contribution in [0.3, 0.4) is 0 Å². The Hall–Kier alpha value is -1.69. The minimum absolute atomic E-state index is 0.564. The number of pyridine rings is 1. The van der Waals surface area contributed by atoms with Gasteiger partial charge in [0, 0.05) is 23.9 Å². The van der Waals surface area contributed by atoms with E-state index in [2.05, 4.69) is 4.98 Å². The predicted molar refractivity (Wildman–Crippen MR) is 67.5 cm³/mol. The summed E-state index contributed by atoms with van der Waals surface area (Å²) in [6, 6.07) is 3.10. The molecule has 0 amide bonds. The summed E-state index contributed by atoms with van der Waals surface area (Å²) in [5.74, 6) is -10.7. The van der Waals surface area contributed by atoms with Crippen LogP contribution in [0.15, 0.2) is 24.5 Å². The van der Waals surface area contributed by atoms with Crippen LogP contribution in [-0.2, 0) is 0 Å². The molecule has 0 saturated heterocycles. The monoisotopic (exact) mass is 321 g/mol. The zero-order valence-electron chi connectivity index (χ0n) is 10.7. The van der Waals surface area contributed by atoms with Gasteiger partial charge in [-0.1, -0.05) is 6.92 Å². The number of alkyl halides is 1. The standard InChI is InChI=1S/C14H9ClF5N/c1-6(7-2-4-21-5-3-7)9(15)8-10(16)12(18)14(20)13(19)11(8)17/h2-6,9H,1H3. The van der Waals surface area contributed by atoms with Gasteiger partial charge in [-0.05, 0) is 17.7 Å². The largest absolute Gasteiger partial charge is 0.265 e. The summed E-state index contributed by atoms with van der Waals surface area (Å²) >= 11 is 5.94. The lowest BCUT2D eigenvalue weighted by Crippen LogP contribution is -2.12. The van der Waals surface area contributed by atoms with Crippen LogP contribution in [-0.4, -0.2) is 4.98 Å². The van der Waals surface area contributed by atoms with Crippen molar-refractivity contribution in [1.82, 2.24) is 4.98 Å². The fourth-order valence-electron chi connectivity index (χ4n) is 1.95. The highest BCUT2D eigenvalue weighted by molar-refractivity contribution is 6.21. The molecule has 2 aromatic rings. The molecule has 0 N–H and O–H groups in total. The average Bonchev–Trinajstić information content (AvgIpc) is 2.51. The third-order valence-corrected chi connectivity index (χ3v) is 3.79. The van der Waals surface area contributed by atoms with Gasteiger partial charge >= 0.3 is 0 Å². The van der Waals surface area contributed by atoms with Crippen LogP contribution in [0.2, 0.25) is 0 Å². The van der Waals surface area contributed by atoms with Gasteiger partial charge in [0.05, 0.1) is 5.38 Å². The Bertz CT molecular complexity index is 633. The van der Waals surface area contributed by atoms with Gasteiger partial charge in [0.2, 0.25) is 5.82 Å². The maximum absolute atomic E-state index is 13.7. The van der Waals surface area contributed by atoms with E-state index in [1.807, 2.05) is 0 Å². The maximum Gasteiger partial charge on any atom is 0.200 e. The van der Waals surface area contributed by atoms with Gasteiger partial charge in [-0.25, -0.2) is 22.0 Å². The van der Waals surface area contributed by atoms with Gasteiger partial charge in [0.1, 0.15) is 0 Å². The highest BCUT2D eigenvalue weighted by Crippen LogP contribution is 2.40. The third-order valence-electron chi connectivity index (χ3n) is 3.19. The minimum Gasteiger partial charge on any atom is -0.265 e. The van der Waals surface area contributed by atoms with Crippen molar-refractivity contribution in [2.75, 3.05) is 0 Å². The van der Waals surface area contributed by atoms with Crippen molar-refractivity contribution < 1.29 is 22.0 Å². The molecule has 2 unspecified atom stereocenters. The van der Waals surface area contributed by atoms with Crippen LogP contribution in [0.25, 0.3) is 0 Å². The highest BCUT2D eigenvalue weighted by atomic mass is 35.5. The number of halogens is 6. The molecule has 0 fully saturated rings. The smallest absolute Gasteiger partial charge is 0.200 e. The van der Waals surface area contributed by atoms with Crippen molar-refractivity contribution in [3.63, 3.8) is 0 Å². The summed E-state index contributed by atoms with van der Waals surface area (Å²) < 4.78 is 66.8. The number of aromatic nitrogens is 1. The molecule has 2 rings (SSSR count). The zero-order chi connectivity index (χ0) is 15.7. The molecule has 112 valence electrons. The molecule has 0 bridgehead atoms. The maximum atomic E-state index is 13.7. The quantitative estimate of drug-likeness (QED) is 0.340. The molecule has 0 radical (unpaired) electrons. The molecule has 0 aliphatic carbocycles. The van der Waals surface area contributed by atoms with Gasteiger partial charge in [-0.3, -0.25) is 4.98 Å². The first-order chi connectivity index (χ1) is 9.86. The van der Waals surface area contributed by atoms with E-state index < -0.39 is 45.9 Å². The summed E-state index contributed by atoms with van der Waals surface area (Å²) in [5.41, 5.74) is -0.466. The number of nitrogens with zero attached hydrogens (tertiary/aromatic N) is 1. The van der Waals surface area contributed by atoms with E-state index in [1.165, 1.54) is 19.3 Å². The van der Waals surface area contributed by atoms with Gasteiger partial charge in [0.15, 0.2) is 23.3 Å². The SMILES string of the molecule is CC(c1ccncc1)C(Cl)c1c(F)c(F)c(F)c(F)c1F. The molecule has 0 aliphatic heterocycles. The van der Waals surface area contributed by atoms with Crippen LogP contribution in [0.1, 0.15) is 29.3 Å². The van der Waals surface area contributed by atoms with E-state index in [0.717, 1.165) is 0 Å². The van der Waals surface area contributed by atoms with E-state index in [9.17, 15) is 22.0 Å². The Labute approximate surface area is 122 Å². The van der Waals surface area contributed by atoms with E-state index in [-0.39, 0.29) is 0 Å². The zero-order valence-corrected chi connectivity index (χ0v) is 11.4. The number of rotatable bonds is 3. The second-order valence-corrected chi connectivity index (χ2v) is 4.92. The van der Waals surface area contributed by atoms with E-state index in [0.29, 0.717) is 5.56 Å². The lowest BCUT2D eigenvalue weighted by Gasteiger charge is -2.20. The lowest BCUT2D eigenvalue weighted by atomic mass is 9.93. The van der Waals surface area contributed by atoms with Gasteiger partial charge < -0.3 is 0 Å². The van der Waals surface area contributed by atoms with Crippen molar-refractivity contribution >= 4 is 11.6 Å². The summed E-state index contributed by atoms with van der Waals surface area (Å²) in [5, 5.41) is -1.42. The molecule has 21 heavy (non-hydrogen) atoms. The second-order valence-electron chi connectivity index (χ2n) is 4.45. The second kappa shape index (κ2) is 5.97. The van der Waals surface area contributed by atoms with Crippen LogP contribution in [0.5, 0.6) is 0 Å². The van der Waals surface area contributed by atoms with Crippen LogP contribution in [0, 0.1) is 29.1 Å². The van der Waals surface area contributed by atoms with Gasteiger partial charge in [0.25, 0.3) is 0 Å². The van der Waals surface area contributed by atoms with Crippen LogP contribution < -0.4 is 0 Å². The number of benzene rings is 1. The van der Waals surface area contributed by atoms with Crippen LogP contribution in [0.4, 0.5) is 22.0 Å². The molecule has 1 aromatic carbocycles. The van der Waals surface area contributed by atoms with Gasteiger partial charge in [-0.15, -0.1) is 11.6 Å². The number of hydrogen-bond acceptors (Lipinski definition) is 1. The first-order valence-electron chi connectivity index (χ1n) is 5.91. The predicted octanol–water partition coefficient (Wildman–Crippen LogP) is 4.86. The Morgan fingerprint density at radius 3 is 1.76 bits per heavy atom. The Morgan fingerprint density at radius 1 is 0.857 bits per heavy atom. The molecule has 0 saturated carbocycles. The van der Waals surface area contributed by atoms with Gasteiger partial charge in [-0.2, -0.15) is 0 Å². The molecule has 1 aromatic heterocycles. The molecular weight excluding hydrogens is 313 g/mol. The van der Waals surface area contributed by atoms with Crippen molar-refractivity contribution in [1.29, 1.82) is 0 Å². The third kappa shape index (κ3) is 2.72. The summed E-state index contributed by atoms with van der Waals surface area (Å²) in [4.78, 5) is 3.77. The Morgan fingerprint density at radius 2 is 1.29 bits per heavy atom. The fraction of sp³-hybridized carbons (Fsp3) is 0.214. The van der Waals surface area contributed by atoms with E-state index in [4.69, 9.17) is 11.6 Å². The molecule has 0 spiro atoms. The Kier molecular flexibility index (Phi) is 4.46. The van der Waals surface area contributed by atoms with Crippen molar-refractivity contribution in [2.45, 2.75) is 18.2 Å². The molecule has 7 heteroatoms. The first-order valence-corrected chi connectivity index (χ1v) is 6.35. The minimum atomic E-state index is -2.20. The molecule has 2 atom stereocenters. The molecule has 1 nitrogen and oxygen atoms in total. The summed E-state index contributed by atoms with van der Waals surface area (Å²) in [6.45, 7) is 1.52.